The number of rotatable bonds is 10. The van der Waals surface area contributed by atoms with Crippen molar-refractivity contribution in [3.05, 3.63) is 77.1 Å². The van der Waals surface area contributed by atoms with Gasteiger partial charge in [-0.15, -0.1) is 0 Å². The second-order valence-corrected chi connectivity index (χ2v) is 11.3. The number of hydrogen-bond acceptors (Lipinski definition) is 5. The summed E-state index contributed by atoms with van der Waals surface area (Å²) in [5.41, 5.74) is 0.960. The summed E-state index contributed by atoms with van der Waals surface area (Å²) in [5.74, 6) is -0.515. The largest absolute Gasteiger partial charge is 0.507 e. The summed E-state index contributed by atoms with van der Waals surface area (Å²) in [6.45, 7) is 4.04. The third-order valence-corrected chi connectivity index (χ3v) is 8.38. The van der Waals surface area contributed by atoms with Gasteiger partial charge in [-0.1, -0.05) is 69.2 Å². The lowest BCUT2D eigenvalue weighted by molar-refractivity contribution is -0.149. The summed E-state index contributed by atoms with van der Waals surface area (Å²) in [4.78, 5) is 13.3. The molecule has 0 saturated heterocycles. The molecule has 1 atom stereocenters. The van der Waals surface area contributed by atoms with E-state index in [0.29, 0.717) is 24.0 Å². The number of esters is 1. The standard InChI is InChI=1S/C27H32O5S/c1-3-15-27(16-4-2)25(28)24(26(29)32-27)23(20-13-14-20)21-10-8-9-19(17-21)18-33(30,31)22-11-6-5-7-12-22/h5-12,17,20,23,28H,3-4,13-16,18H2,1-2H3. The van der Waals surface area contributed by atoms with Gasteiger partial charge in [0.1, 0.15) is 5.76 Å². The monoisotopic (exact) mass is 468 g/mol. The molecule has 5 nitrogen and oxygen atoms in total. The summed E-state index contributed by atoms with van der Waals surface area (Å²) in [6, 6.07) is 15.9. The second-order valence-electron chi connectivity index (χ2n) is 9.28. The molecule has 176 valence electrons. The molecule has 33 heavy (non-hydrogen) atoms. The van der Waals surface area contributed by atoms with Gasteiger partial charge in [0.2, 0.25) is 0 Å². The molecule has 0 aromatic heterocycles. The number of cyclic esters (lactones) is 1. The van der Waals surface area contributed by atoms with Crippen LogP contribution in [-0.2, 0) is 25.1 Å². The normalized spacial score (nSPS) is 18.9. The summed E-state index contributed by atoms with van der Waals surface area (Å²) < 4.78 is 31.6. The highest BCUT2D eigenvalue weighted by molar-refractivity contribution is 7.90. The number of carbonyl (C=O) groups is 1. The van der Waals surface area contributed by atoms with Crippen molar-refractivity contribution in [1.29, 1.82) is 0 Å². The summed E-state index contributed by atoms with van der Waals surface area (Å²) in [5, 5.41) is 11.3. The minimum atomic E-state index is -3.49. The first-order chi connectivity index (χ1) is 15.8. The van der Waals surface area contributed by atoms with Crippen LogP contribution in [0.5, 0.6) is 0 Å². The van der Waals surface area contributed by atoms with Crippen LogP contribution < -0.4 is 0 Å². The maximum absolute atomic E-state index is 13.1. The summed E-state index contributed by atoms with van der Waals surface area (Å²) in [6.07, 6.45) is 4.71. The van der Waals surface area contributed by atoms with Crippen molar-refractivity contribution in [3.63, 3.8) is 0 Å². The zero-order valence-corrected chi connectivity index (χ0v) is 20.1. The van der Waals surface area contributed by atoms with Gasteiger partial charge >= 0.3 is 5.97 Å². The Morgan fingerprint density at radius 2 is 1.70 bits per heavy atom. The Labute approximate surface area is 196 Å². The maximum Gasteiger partial charge on any atom is 0.339 e. The fraction of sp³-hybridized carbons (Fsp3) is 0.444. The van der Waals surface area contributed by atoms with Gasteiger partial charge in [0, 0.05) is 5.92 Å². The van der Waals surface area contributed by atoms with E-state index >= 15 is 0 Å². The van der Waals surface area contributed by atoms with Crippen LogP contribution in [0, 0.1) is 5.92 Å². The van der Waals surface area contributed by atoms with Gasteiger partial charge in [0.25, 0.3) is 0 Å². The van der Waals surface area contributed by atoms with Crippen LogP contribution in [0.25, 0.3) is 0 Å². The van der Waals surface area contributed by atoms with E-state index in [1.54, 1.807) is 36.4 Å². The van der Waals surface area contributed by atoms with Crippen LogP contribution in [-0.4, -0.2) is 25.1 Å². The Bertz CT molecular complexity index is 1140. The molecule has 1 unspecified atom stereocenters. The average molecular weight is 469 g/mol. The first-order valence-corrected chi connectivity index (χ1v) is 13.5. The minimum Gasteiger partial charge on any atom is -0.507 e. The van der Waals surface area contributed by atoms with Crippen LogP contribution in [0.3, 0.4) is 0 Å². The number of hydrogen-bond donors (Lipinski definition) is 1. The quantitative estimate of drug-likeness (QED) is 0.442. The predicted octanol–water partition coefficient (Wildman–Crippen LogP) is 5.86. The molecule has 1 saturated carbocycles. The van der Waals surface area contributed by atoms with Gasteiger partial charge in [-0.25, -0.2) is 13.2 Å². The van der Waals surface area contributed by atoms with Gasteiger partial charge in [0.05, 0.1) is 16.2 Å². The van der Waals surface area contributed by atoms with E-state index in [0.717, 1.165) is 31.2 Å². The lowest BCUT2D eigenvalue weighted by Gasteiger charge is -2.27. The molecule has 4 rings (SSSR count). The molecule has 0 bridgehead atoms. The van der Waals surface area contributed by atoms with Crippen LogP contribution >= 0.6 is 0 Å². The molecule has 2 aromatic rings. The van der Waals surface area contributed by atoms with Crippen molar-refractivity contribution >= 4 is 15.8 Å². The SMILES string of the molecule is CCCC1(CCC)OC(=O)C(C(c2cccc(CS(=O)(=O)c3ccccc3)c2)C2CC2)=C1O. The van der Waals surface area contributed by atoms with Crippen molar-refractivity contribution < 1.29 is 23.1 Å². The third-order valence-electron chi connectivity index (χ3n) is 6.68. The molecule has 1 fully saturated rings. The second kappa shape index (κ2) is 9.34. The molecule has 2 aromatic carbocycles. The fourth-order valence-corrected chi connectivity index (χ4v) is 6.44. The van der Waals surface area contributed by atoms with Crippen molar-refractivity contribution in [1.82, 2.24) is 0 Å². The lowest BCUT2D eigenvalue weighted by Crippen LogP contribution is -2.31. The first-order valence-electron chi connectivity index (χ1n) is 11.8. The molecule has 1 aliphatic heterocycles. The van der Waals surface area contributed by atoms with E-state index in [9.17, 15) is 18.3 Å². The number of carbonyl (C=O) groups excluding carboxylic acids is 1. The predicted molar refractivity (Wildman–Crippen MR) is 128 cm³/mol. The van der Waals surface area contributed by atoms with Gasteiger partial charge in [0.15, 0.2) is 15.4 Å². The highest BCUT2D eigenvalue weighted by atomic mass is 32.2. The van der Waals surface area contributed by atoms with E-state index in [4.69, 9.17) is 4.74 Å². The Morgan fingerprint density at radius 3 is 2.30 bits per heavy atom. The van der Waals surface area contributed by atoms with Crippen molar-refractivity contribution in [2.24, 2.45) is 5.92 Å². The topological polar surface area (TPSA) is 80.7 Å². The third kappa shape index (κ3) is 4.72. The number of ether oxygens (including phenoxy) is 1. The Morgan fingerprint density at radius 1 is 1.03 bits per heavy atom. The fourth-order valence-electron chi connectivity index (χ4n) is 5.08. The van der Waals surface area contributed by atoms with E-state index in [1.807, 2.05) is 32.0 Å². The average Bonchev–Trinajstić information content (AvgIpc) is 3.59. The Hall–Kier alpha value is -2.60. The van der Waals surface area contributed by atoms with Gasteiger partial charge in [-0.3, -0.25) is 0 Å². The van der Waals surface area contributed by atoms with Crippen LogP contribution in [0.4, 0.5) is 0 Å². The number of sulfone groups is 1. The van der Waals surface area contributed by atoms with Gasteiger partial charge < -0.3 is 9.84 Å². The number of aliphatic hydroxyl groups excluding tert-OH is 1. The zero-order chi connectivity index (χ0) is 23.6. The first kappa shape index (κ1) is 23.6. The lowest BCUT2D eigenvalue weighted by atomic mass is 9.82. The molecule has 2 aliphatic rings. The molecule has 1 heterocycles. The van der Waals surface area contributed by atoms with E-state index in [2.05, 4.69) is 0 Å². The number of benzene rings is 2. The number of aliphatic hydroxyl groups is 1. The van der Waals surface area contributed by atoms with E-state index in [-0.39, 0.29) is 28.2 Å². The Kier molecular flexibility index (Phi) is 6.66. The van der Waals surface area contributed by atoms with E-state index in [1.165, 1.54) is 0 Å². The molecule has 1 N–H and O–H groups in total. The molecule has 1 aliphatic carbocycles. The molecular formula is C27H32O5S. The van der Waals surface area contributed by atoms with Crippen molar-refractivity contribution in [3.8, 4) is 0 Å². The molecule has 0 spiro atoms. The van der Waals surface area contributed by atoms with E-state index < -0.39 is 21.4 Å². The zero-order valence-electron chi connectivity index (χ0n) is 19.3. The smallest absolute Gasteiger partial charge is 0.339 e. The van der Waals surface area contributed by atoms with Crippen LogP contribution in [0.1, 0.15) is 69.4 Å². The highest BCUT2D eigenvalue weighted by Gasteiger charge is 2.51. The van der Waals surface area contributed by atoms with Crippen LogP contribution in [0.2, 0.25) is 0 Å². The van der Waals surface area contributed by atoms with Crippen LogP contribution in [0.15, 0.2) is 70.8 Å². The van der Waals surface area contributed by atoms with Crippen molar-refractivity contribution in [2.75, 3.05) is 0 Å². The van der Waals surface area contributed by atoms with Gasteiger partial charge in [-0.2, -0.15) is 0 Å². The minimum absolute atomic E-state index is 0.0791. The molecule has 0 amide bonds. The Balaban J connectivity index is 1.70. The summed E-state index contributed by atoms with van der Waals surface area (Å²) in [7, 11) is -3.49. The molecule has 6 heteroatoms. The molecule has 0 radical (unpaired) electrons. The maximum atomic E-state index is 13.1. The summed E-state index contributed by atoms with van der Waals surface area (Å²) >= 11 is 0. The highest BCUT2D eigenvalue weighted by Crippen LogP contribution is 2.52. The molecular weight excluding hydrogens is 436 g/mol. The van der Waals surface area contributed by atoms with Gasteiger partial charge in [-0.05, 0) is 54.9 Å². The van der Waals surface area contributed by atoms with Crippen molar-refractivity contribution in [2.45, 2.75) is 74.5 Å².